The third kappa shape index (κ3) is 3.91. The van der Waals surface area contributed by atoms with E-state index >= 15 is 0 Å². The number of hydrogen-bond donors (Lipinski definition) is 1. The summed E-state index contributed by atoms with van der Waals surface area (Å²) in [7, 11) is -3.28. The molecule has 0 bridgehead atoms. The topological polar surface area (TPSA) is 66.6 Å². The van der Waals surface area contributed by atoms with Gasteiger partial charge in [0, 0.05) is 26.2 Å². The maximum Gasteiger partial charge on any atom is 0.281 e. The summed E-state index contributed by atoms with van der Waals surface area (Å²) in [5.74, 6) is 0.318. The highest BCUT2D eigenvalue weighted by atomic mass is 32.2. The van der Waals surface area contributed by atoms with Crippen molar-refractivity contribution < 1.29 is 8.42 Å². The molecule has 108 valence electrons. The molecule has 1 fully saturated rings. The van der Waals surface area contributed by atoms with Gasteiger partial charge in [0.15, 0.2) is 0 Å². The molecule has 1 saturated heterocycles. The molecule has 1 aliphatic heterocycles. The molecule has 1 aliphatic rings. The van der Waals surface area contributed by atoms with Crippen molar-refractivity contribution in [2.24, 2.45) is 11.7 Å². The van der Waals surface area contributed by atoms with Crippen LogP contribution in [0.1, 0.15) is 39.5 Å². The molecule has 0 amide bonds. The van der Waals surface area contributed by atoms with Crippen molar-refractivity contribution in [3.8, 4) is 0 Å². The van der Waals surface area contributed by atoms with Crippen LogP contribution in [0.5, 0.6) is 0 Å². The summed E-state index contributed by atoms with van der Waals surface area (Å²) < 4.78 is 28.2. The predicted octanol–water partition coefficient (Wildman–Crippen LogP) is 1.02. The molecular weight excluding hydrogens is 250 g/mol. The number of piperidine rings is 1. The summed E-state index contributed by atoms with van der Waals surface area (Å²) in [6.07, 6.45) is 3.90. The fourth-order valence-corrected chi connectivity index (χ4v) is 4.13. The van der Waals surface area contributed by atoms with Crippen LogP contribution in [0.15, 0.2) is 0 Å². The van der Waals surface area contributed by atoms with Crippen molar-refractivity contribution in [1.29, 1.82) is 0 Å². The summed E-state index contributed by atoms with van der Waals surface area (Å²) in [4.78, 5) is 0. The number of rotatable bonds is 7. The van der Waals surface area contributed by atoms with Crippen molar-refractivity contribution in [3.63, 3.8) is 0 Å². The van der Waals surface area contributed by atoms with Crippen molar-refractivity contribution in [3.05, 3.63) is 0 Å². The molecule has 2 N–H and O–H groups in total. The van der Waals surface area contributed by atoms with Crippen LogP contribution >= 0.6 is 0 Å². The summed E-state index contributed by atoms with van der Waals surface area (Å²) in [6, 6.07) is 0. The maximum absolute atomic E-state index is 12.5. The molecule has 5 nitrogen and oxygen atoms in total. The van der Waals surface area contributed by atoms with Crippen molar-refractivity contribution in [1.82, 2.24) is 8.61 Å². The Labute approximate surface area is 112 Å². The van der Waals surface area contributed by atoms with Gasteiger partial charge in [0.1, 0.15) is 0 Å². The first-order valence-corrected chi connectivity index (χ1v) is 8.41. The van der Waals surface area contributed by atoms with Gasteiger partial charge in [-0.15, -0.1) is 0 Å². The van der Waals surface area contributed by atoms with Crippen molar-refractivity contribution in [2.75, 3.05) is 32.7 Å². The second-order valence-electron chi connectivity index (χ2n) is 4.95. The Hall–Kier alpha value is -0.170. The first kappa shape index (κ1) is 15.9. The SMILES string of the molecule is CCCCN(CC)S(=O)(=O)N1CCCC(CN)C1. The molecule has 1 heterocycles. The van der Waals surface area contributed by atoms with Gasteiger partial charge in [-0.2, -0.15) is 17.0 Å². The van der Waals surface area contributed by atoms with Crippen LogP contribution in [0.2, 0.25) is 0 Å². The minimum atomic E-state index is -3.28. The molecule has 0 aromatic rings. The zero-order chi connectivity index (χ0) is 13.6. The number of nitrogens with two attached hydrogens (primary N) is 1. The lowest BCUT2D eigenvalue weighted by atomic mass is 10.0. The second kappa shape index (κ2) is 7.43. The quantitative estimate of drug-likeness (QED) is 0.755. The Morgan fingerprint density at radius 2 is 2.11 bits per heavy atom. The van der Waals surface area contributed by atoms with E-state index in [1.807, 2.05) is 6.92 Å². The molecule has 1 unspecified atom stereocenters. The third-order valence-electron chi connectivity index (χ3n) is 3.58. The van der Waals surface area contributed by atoms with Crippen LogP contribution < -0.4 is 5.73 Å². The lowest BCUT2D eigenvalue weighted by Gasteiger charge is -2.34. The van der Waals surface area contributed by atoms with Gasteiger partial charge in [0.05, 0.1) is 0 Å². The van der Waals surface area contributed by atoms with Gasteiger partial charge in [-0.1, -0.05) is 20.3 Å². The number of unbranched alkanes of at least 4 members (excludes halogenated alkanes) is 1. The van der Waals surface area contributed by atoms with E-state index in [2.05, 4.69) is 6.92 Å². The summed E-state index contributed by atoms with van der Waals surface area (Å²) in [5.41, 5.74) is 5.66. The summed E-state index contributed by atoms with van der Waals surface area (Å²) in [6.45, 7) is 6.95. The van der Waals surface area contributed by atoms with Gasteiger partial charge in [-0.25, -0.2) is 0 Å². The first-order valence-electron chi connectivity index (χ1n) is 7.01. The molecule has 18 heavy (non-hydrogen) atoms. The number of hydrogen-bond acceptors (Lipinski definition) is 3. The van der Waals surface area contributed by atoms with Crippen molar-refractivity contribution >= 4 is 10.2 Å². The maximum atomic E-state index is 12.5. The Bertz CT molecular complexity index is 332. The van der Waals surface area contributed by atoms with Crippen LogP contribution in [0.4, 0.5) is 0 Å². The zero-order valence-electron chi connectivity index (χ0n) is 11.6. The number of nitrogens with zero attached hydrogens (tertiary/aromatic N) is 2. The highest BCUT2D eigenvalue weighted by Crippen LogP contribution is 2.20. The van der Waals surface area contributed by atoms with Gasteiger partial charge in [0.2, 0.25) is 0 Å². The second-order valence-corrected chi connectivity index (χ2v) is 6.88. The monoisotopic (exact) mass is 277 g/mol. The Morgan fingerprint density at radius 3 is 2.67 bits per heavy atom. The van der Waals surface area contributed by atoms with E-state index in [0.717, 1.165) is 25.7 Å². The Kier molecular flexibility index (Phi) is 6.55. The van der Waals surface area contributed by atoms with E-state index in [4.69, 9.17) is 5.73 Å². The van der Waals surface area contributed by atoms with E-state index in [1.165, 1.54) is 0 Å². The minimum absolute atomic E-state index is 0.318. The van der Waals surface area contributed by atoms with Crippen LogP contribution in [-0.4, -0.2) is 49.8 Å². The van der Waals surface area contributed by atoms with Gasteiger partial charge < -0.3 is 5.73 Å². The largest absolute Gasteiger partial charge is 0.330 e. The van der Waals surface area contributed by atoms with Crippen LogP contribution in [0.3, 0.4) is 0 Å². The molecule has 6 heteroatoms. The standard InChI is InChI=1S/C12H27N3O2S/c1-3-5-8-14(4-2)18(16,17)15-9-6-7-12(10-13)11-15/h12H,3-11,13H2,1-2H3. The van der Waals surface area contributed by atoms with Crippen LogP contribution in [0.25, 0.3) is 0 Å². The Morgan fingerprint density at radius 1 is 1.39 bits per heavy atom. The van der Waals surface area contributed by atoms with Crippen molar-refractivity contribution in [2.45, 2.75) is 39.5 Å². The van der Waals surface area contributed by atoms with E-state index in [1.54, 1.807) is 8.61 Å². The summed E-state index contributed by atoms with van der Waals surface area (Å²) >= 11 is 0. The minimum Gasteiger partial charge on any atom is -0.330 e. The molecule has 0 aliphatic carbocycles. The molecule has 0 aromatic carbocycles. The average Bonchev–Trinajstić information content (AvgIpc) is 2.39. The molecular formula is C12H27N3O2S. The average molecular weight is 277 g/mol. The fraction of sp³-hybridized carbons (Fsp3) is 1.00. The normalized spacial score (nSPS) is 22.6. The lowest BCUT2D eigenvalue weighted by Crippen LogP contribution is -2.49. The van der Waals surface area contributed by atoms with E-state index in [0.29, 0.717) is 38.6 Å². The van der Waals surface area contributed by atoms with Crippen LogP contribution in [0, 0.1) is 5.92 Å². The Balaban J connectivity index is 2.70. The van der Waals surface area contributed by atoms with E-state index < -0.39 is 10.2 Å². The highest BCUT2D eigenvalue weighted by Gasteiger charge is 2.32. The van der Waals surface area contributed by atoms with Gasteiger partial charge >= 0.3 is 0 Å². The summed E-state index contributed by atoms with van der Waals surface area (Å²) in [5, 5.41) is 0. The van der Waals surface area contributed by atoms with Crippen LogP contribution in [-0.2, 0) is 10.2 Å². The van der Waals surface area contributed by atoms with Gasteiger partial charge in [-0.3, -0.25) is 0 Å². The van der Waals surface area contributed by atoms with Gasteiger partial charge in [-0.05, 0) is 31.7 Å². The molecule has 0 aromatic heterocycles. The zero-order valence-corrected chi connectivity index (χ0v) is 12.5. The molecule has 1 atom stereocenters. The lowest BCUT2D eigenvalue weighted by molar-refractivity contribution is 0.251. The van der Waals surface area contributed by atoms with E-state index in [9.17, 15) is 8.42 Å². The highest BCUT2D eigenvalue weighted by molar-refractivity contribution is 7.86. The predicted molar refractivity (Wildman–Crippen MR) is 74.4 cm³/mol. The molecule has 1 rings (SSSR count). The smallest absolute Gasteiger partial charge is 0.281 e. The van der Waals surface area contributed by atoms with Gasteiger partial charge in [0.25, 0.3) is 10.2 Å². The third-order valence-corrected chi connectivity index (χ3v) is 5.66. The van der Waals surface area contributed by atoms with E-state index in [-0.39, 0.29) is 0 Å². The molecule has 0 radical (unpaired) electrons. The fourth-order valence-electron chi connectivity index (χ4n) is 2.36. The molecule has 0 saturated carbocycles. The first-order chi connectivity index (χ1) is 8.56. The molecule has 0 spiro atoms.